The normalized spacial score (nSPS) is 21.9. The largest absolute Gasteiger partial charge is 0.381 e. The van der Waals surface area contributed by atoms with E-state index in [4.69, 9.17) is 4.74 Å². The van der Waals surface area contributed by atoms with Gasteiger partial charge in [0.25, 0.3) is 0 Å². The molecule has 1 fully saturated rings. The van der Waals surface area contributed by atoms with Crippen molar-refractivity contribution in [2.75, 3.05) is 19.8 Å². The van der Waals surface area contributed by atoms with Gasteiger partial charge in [0.15, 0.2) is 0 Å². The number of nitrogens with one attached hydrogen (secondary N) is 1. The molecular formula is C13H23N3O. The highest BCUT2D eigenvalue weighted by atomic mass is 16.5. The Morgan fingerprint density at radius 3 is 3.12 bits per heavy atom. The number of hydrogen-bond donors (Lipinski definition) is 1. The van der Waals surface area contributed by atoms with Crippen molar-refractivity contribution in [3.05, 3.63) is 18.0 Å². The van der Waals surface area contributed by atoms with E-state index in [1.54, 1.807) is 0 Å². The number of ether oxygens (including phenoxy) is 1. The molecule has 1 aliphatic rings. The Morgan fingerprint density at radius 2 is 2.53 bits per heavy atom. The standard InChI is InChI=1S/C13H23N3O/c1-3-6-14-13(12-5-8-17-10-12)9-16-11(2)4-7-15-16/h4,7,12-14H,3,5-6,8-10H2,1-2H3. The van der Waals surface area contributed by atoms with Gasteiger partial charge in [-0.1, -0.05) is 6.92 Å². The number of nitrogens with zero attached hydrogens (tertiary/aromatic N) is 2. The summed E-state index contributed by atoms with van der Waals surface area (Å²) in [5, 5.41) is 8.01. The van der Waals surface area contributed by atoms with Gasteiger partial charge in [-0.3, -0.25) is 4.68 Å². The highest BCUT2D eigenvalue weighted by molar-refractivity contribution is 4.97. The fourth-order valence-corrected chi connectivity index (χ4v) is 2.36. The van der Waals surface area contributed by atoms with Gasteiger partial charge in [0, 0.05) is 30.5 Å². The van der Waals surface area contributed by atoms with Crippen LogP contribution in [0, 0.1) is 12.8 Å². The highest BCUT2D eigenvalue weighted by Crippen LogP contribution is 2.18. The van der Waals surface area contributed by atoms with Crippen LogP contribution in [0.3, 0.4) is 0 Å². The summed E-state index contributed by atoms with van der Waals surface area (Å²) in [6.45, 7) is 8.13. The molecule has 1 aliphatic heterocycles. The van der Waals surface area contributed by atoms with Crippen LogP contribution in [0.15, 0.2) is 12.3 Å². The van der Waals surface area contributed by atoms with Crippen molar-refractivity contribution in [3.8, 4) is 0 Å². The van der Waals surface area contributed by atoms with Crippen molar-refractivity contribution in [1.82, 2.24) is 15.1 Å². The molecule has 0 amide bonds. The van der Waals surface area contributed by atoms with Crippen LogP contribution in [0.2, 0.25) is 0 Å². The first-order chi connectivity index (χ1) is 8.31. The van der Waals surface area contributed by atoms with Crippen molar-refractivity contribution < 1.29 is 4.74 Å². The van der Waals surface area contributed by atoms with Gasteiger partial charge in [0.1, 0.15) is 0 Å². The van der Waals surface area contributed by atoms with Crippen LogP contribution in [0.4, 0.5) is 0 Å². The van der Waals surface area contributed by atoms with E-state index in [1.807, 2.05) is 6.20 Å². The average Bonchev–Trinajstić information content (AvgIpc) is 2.96. The Kier molecular flexibility index (Phi) is 4.57. The van der Waals surface area contributed by atoms with Crippen LogP contribution in [0.5, 0.6) is 0 Å². The summed E-state index contributed by atoms with van der Waals surface area (Å²) in [6, 6.07) is 2.54. The molecule has 1 N–H and O–H groups in total. The third kappa shape index (κ3) is 3.30. The lowest BCUT2D eigenvalue weighted by Gasteiger charge is -2.24. The molecule has 2 atom stereocenters. The molecule has 4 heteroatoms. The van der Waals surface area contributed by atoms with Gasteiger partial charge in [-0.05, 0) is 32.4 Å². The second-order valence-electron chi connectivity index (χ2n) is 4.84. The minimum Gasteiger partial charge on any atom is -0.381 e. The summed E-state index contributed by atoms with van der Waals surface area (Å²) in [6.07, 6.45) is 4.21. The summed E-state index contributed by atoms with van der Waals surface area (Å²) in [7, 11) is 0. The quantitative estimate of drug-likeness (QED) is 0.816. The van der Waals surface area contributed by atoms with Crippen LogP contribution in [0.25, 0.3) is 0 Å². The summed E-state index contributed by atoms with van der Waals surface area (Å²) in [4.78, 5) is 0. The minimum absolute atomic E-state index is 0.482. The van der Waals surface area contributed by atoms with Crippen molar-refractivity contribution in [2.45, 2.75) is 39.3 Å². The number of rotatable bonds is 6. The second kappa shape index (κ2) is 6.17. The predicted octanol–water partition coefficient (Wildman–Crippen LogP) is 1.60. The fraction of sp³-hybridized carbons (Fsp3) is 0.769. The zero-order chi connectivity index (χ0) is 12.1. The molecule has 1 aromatic rings. The Bertz CT molecular complexity index is 331. The van der Waals surface area contributed by atoms with Crippen LogP contribution in [-0.2, 0) is 11.3 Å². The van der Waals surface area contributed by atoms with Gasteiger partial charge >= 0.3 is 0 Å². The topological polar surface area (TPSA) is 39.1 Å². The third-order valence-corrected chi connectivity index (χ3v) is 3.49. The Morgan fingerprint density at radius 1 is 1.65 bits per heavy atom. The summed E-state index contributed by atoms with van der Waals surface area (Å²) in [5.41, 5.74) is 1.23. The molecule has 0 bridgehead atoms. The third-order valence-electron chi connectivity index (χ3n) is 3.49. The van der Waals surface area contributed by atoms with Crippen molar-refractivity contribution in [3.63, 3.8) is 0 Å². The van der Waals surface area contributed by atoms with E-state index in [0.717, 1.165) is 26.3 Å². The lowest BCUT2D eigenvalue weighted by atomic mass is 9.99. The zero-order valence-electron chi connectivity index (χ0n) is 10.9. The Balaban J connectivity index is 1.97. The summed E-state index contributed by atoms with van der Waals surface area (Å²) in [5.74, 6) is 0.630. The monoisotopic (exact) mass is 237 g/mol. The maximum atomic E-state index is 5.50. The smallest absolute Gasteiger partial charge is 0.0569 e. The van der Waals surface area contributed by atoms with Gasteiger partial charge in [0.2, 0.25) is 0 Å². The molecule has 0 saturated carbocycles. The van der Waals surface area contributed by atoms with E-state index in [2.05, 4.69) is 35.0 Å². The number of hydrogen-bond acceptors (Lipinski definition) is 3. The van der Waals surface area contributed by atoms with Crippen LogP contribution in [-0.4, -0.2) is 35.6 Å². The van der Waals surface area contributed by atoms with E-state index >= 15 is 0 Å². The van der Waals surface area contributed by atoms with E-state index < -0.39 is 0 Å². The van der Waals surface area contributed by atoms with Gasteiger partial charge in [-0.15, -0.1) is 0 Å². The van der Waals surface area contributed by atoms with E-state index in [-0.39, 0.29) is 0 Å². The van der Waals surface area contributed by atoms with Crippen LogP contribution >= 0.6 is 0 Å². The molecule has 4 nitrogen and oxygen atoms in total. The molecule has 0 aliphatic carbocycles. The maximum absolute atomic E-state index is 5.50. The first kappa shape index (κ1) is 12.6. The van der Waals surface area contributed by atoms with Crippen LogP contribution in [0.1, 0.15) is 25.5 Å². The van der Waals surface area contributed by atoms with Gasteiger partial charge in [-0.2, -0.15) is 5.10 Å². The average molecular weight is 237 g/mol. The highest BCUT2D eigenvalue weighted by Gasteiger charge is 2.25. The second-order valence-corrected chi connectivity index (χ2v) is 4.84. The maximum Gasteiger partial charge on any atom is 0.0569 e. The molecular weight excluding hydrogens is 214 g/mol. The SMILES string of the molecule is CCCNC(Cn1nccc1C)C1CCOC1. The number of aryl methyl sites for hydroxylation is 1. The van der Waals surface area contributed by atoms with Crippen LogP contribution < -0.4 is 5.32 Å². The van der Waals surface area contributed by atoms with E-state index in [9.17, 15) is 0 Å². The molecule has 1 aromatic heterocycles. The fourth-order valence-electron chi connectivity index (χ4n) is 2.36. The Hall–Kier alpha value is -0.870. The molecule has 2 heterocycles. The zero-order valence-corrected chi connectivity index (χ0v) is 10.9. The molecule has 96 valence electrons. The predicted molar refractivity (Wildman–Crippen MR) is 68.0 cm³/mol. The molecule has 1 saturated heterocycles. The first-order valence-electron chi connectivity index (χ1n) is 6.60. The molecule has 0 spiro atoms. The first-order valence-corrected chi connectivity index (χ1v) is 6.60. The summed E-state index contributed by atoms with van der Waals surface area (Å²) < 4.78 is 7.59. The lowest BCUT2D eigenvalue weighted by molar-refractivity contribution is 0.172. The van der Waals surface area contributed by atoms with Gasteiger partial charge < -0.3 is 10.1 Å². The van der Waals surface area contributed by atoms with E-state index in [0.29, 0.717) is 12.0 Å². The Labute approximate surface area is 103 Å². The minimum atomic E-state index is 0.482. The van der Waals surface area contributed by atoms with Gasteiger partial charge in [0.05, 0.1) is 13.2 Å². The van der Waals surface area contributed by atoms with Crippen molar-refractivity contribution in [2.24, 2.45) is 5.92 Å². The molecule has 2 rings (SSSR count). The summed E-state index contributed by atoms with van der Waals surface area (Å²) >= 11 is 0. The van der Waals surface area contributed by atoms with Gasteiger partial charge in [-0.25, -0.2) is 0 Å². The van der Waals surface area contributed by atoms with Crippen molar-refractivity contribution in [1.29, 1.82) is 0 Å². The molecule has 2 unspecified atom stereocenters. The van der Waals surface area contributed by atoms with E-state index in [1.165, 1.54) is 18.5 Å². The molecule has 0 radical (unpaired) electrons. The lowest BCUT2D eigenvalue weighted by Crippen LogP contribution is -2.41. The molecule has 17 heavy (non-hydrogen) atoms. The van der Waals surface area contributed by atoms with Crippen molar-refractivity contribution >= 4 is 0 Å². The number of aromatic nitrogens is 2. The molecule has 0 aromatic carbocycles.